The maximum atomic E-state index is 6.31. The van der Waals surface area contributed by atoms with Crippen LogP contribution in [0.4, 0.5) is 0 Å². The highest BCUT2D eigenvalue weighted by Gasteiger charge is 2.11. The Morgan fingerprint density at radius 2 is 1.95 bits per heavy atom. The molecule has 0 bridgehead atoms. The van der Waals surface area contributed by atoms with Crippen molar-refractivity contribution in [1.29, 1.82) is 0 Å². The minimum atomic E-state index is 0.519. The number of rotatable bonds is 1. The van der Waals surface area contributed by atoms with E-state index in [9.17, 15) is 0 Å². The highest BCUT2D eigenvalue weighted by Crippen LogP contribution is 2.36. The van der Waals surface area contributed by atoms with Gasteiger partial charge in [0, 0.05) is 14.8 Å². The Bertz CT molecular complexity index is 911. The summed E-state index contributed by atoms with van der Waals surface area (Å²) in [4.78, 5) is 10.2. The molecule has 4 aromatic rings. The molecule has 1 aromatic carbocycles. The molecule has 4 rings (SSSR count). The van der Waals surface area contributed by atoms with Gasteiger partial charge >= 0.3 is 0 Å². The van der Waals surface area contributed by atoms with Crippen LogP contribution in [0.3, 0.4) is 0 Å². The first-order valence-electron chi connectivity index (χ1n) is 6.12. The molecule has 0 atom stereocenters. The first-order chi connectivity index (χ1) is 9.70. The van der Waals surface area contributed by atoms with Gasteiger partial charge in [-0.15, -0.1) is 22.7 Å². The molecule has 2 nitrogen and oxygen atoms in total. The van der Waals surface area contributed by atoms with Crippen LogP contribution in [-0.4, -0.2) is 9.97 Å². The van der Waals surface area contributed by atoms with Crippen LogP contribution < -0.4 is 0 Å². The Balaban J connectivity index is 1.96. The Hall–Kier alpha value is -1.49. The maximum absolute atomic E-state index is 6.31. The van der Waals surface area contributed by atoms with Gasteiger partial charge in [-0.3, -0.25) is 0 Å². The first kappa shape index (κ1) is 12.3. The fraction of sp³-hybridized carbons (Fsp3) is 0.0667. The molecule has 0 aliphatic rings. The number of thiophene rings is 2. The van der Waals surface area contributed by atoms with Crippen molar-refractivity contribution in [3.05, 3.63) is 46.4 Å². The molecule has 0 aliphatic carbocycles. The number of benzene rings is 1. The van der Waals surface area contributed by atoms with Gasteiger partial charge in [-0.25, -0.2) is 9.97 Å². The molecule has 5 heteroatoms. The van der Waals surface area contributed by atoms with Crippen LogP contribution in [-0.2, 0) is 0 Å². The standard InChI is InChI=1S/C15H9ClN2S2/c1-8-2-3-10-9(6-8)14(16)18-15(17-10)13-7-12-11(20-13)4-5-19-12/h2-7H,1H3. The van der Waals surface area contributed by atoms with E-state index in [0.717, 1.165) is 21.3 Å². The lowest BCUT2D eigenvalue weighted by atomic mass is 10.2. The van der Waals surface area contributed by atoms with Crippen molar-refractivity contribution in [2.45, 2.75) is 6.92 Å². The van der Waals surface area contributed by atoms with Crippen molar-refractivity contribution < 1.29 is 0 Å². The average molecular weight is 317 g/mol. The third-order valence-corrected chi connectivity index (χ3v) is 5.54. The Morgan fingerprint density at radius 1 is 1.05 bits per heavy atom. The Kier molecular flexibility index (Phi) is 2.77. The third kappa shape index (κ3) is 1.92. The molecule has 0 saturated carbocycles. The van der Waals surface area contributed by atoms with Gasteiger partial charge in [0.05, 0.1) is 10.4 Å². The van der Waals surface area contributed by atoms with Crippen LogP contribution in [0.5, 0.6) is 0 Å². The molecule has 0 spiro atoms. The van der Waals surface area contributed by atoms with Crippen LogP contribution in [0, 0.1) is 6.92 Å². The monoisotopic (exact) mass is 316 g/mol. The minimum Gasteiger partial charge on any atom is -0.227 e. The van der Waals surface area contributed by atoms with E-state index in [4.69, 9.17) is 11.6 Å². The van der Waals surface area contributed by atoms with E-state index in [1.54, 1.807) is 22.7 Å². The second-order valence-electron chi connectivity index (χ2n) is 4.62. The summed E-state index contributed by atoms with van der Waals surface area (Å²) in [5, 5.41) is 3.53. The summed E-state index contributed by atoms with van der Waals surface area (Å²) in [6.07, 6.45) is 0. The van der Waals surface area contributed by atoms with Crippen molar-refractivity contribution in [2.75, 3.05) is 0 Å². The molecular weight excluding hydrogens is 308 g/mol. The topological polar surface area (TPSA) is 25.8 Å². The molecule has 0 fully saturated rings. The van der Waals surface area contributed by atoms with Crippen molar-refractivity contribution >= 4 is 54.6 Å². The number of fused-ring (bicyclic) bond motifs is 2. The Morgan fingerprint density at radius 3 is 2.80 bits per heavy atom. The molecular formula is C15H9ClN2S2. The number of halogens is 1. The number of aromatic nitrogens is 2. The SMILES string of the molecule is Cc1ccc2nc(-c3cc4sccc4s3)nc(Cl)c2c1. The van der Waals surface area contributed by atoms with E-state index in [-0.39, 0.29) is 0 Å². The summed E-state index contributed by atoms with van der Waals surface area (Å²) < 4.78 is 2.54. The summed E-state index contributed by atoms with van der Waals surface area (Å²) in [5.74, 6) is 0.708. The number of hydrogen-bond donors (Lipinski definition) is 0. The molecule has 0 N–H and O–H groups in total. The van der Waals surface area contributed by atoms with Gasteiger partial charge in [-0.2, -0.15) is 0 Å². The van der Waals surface area contributed by atoms with Gasteiger partial charge in [0.2, 0.25) is 0 Å². The summed E-state index contributed by atoms with van der Waals surface area (Å²) in [5.41, 5.74) is 2.05. The predicted molar refractivity (Wildman–Crippen MR) is 88.0 cm³/mol. The molecule has 3 heterocycles. The van der Waals surface area contributed by atoms with E-state index >= 15 is 0 Å². The van der Waals surface area contributed by atoms with Crippen LogP contribution in [0.2, 0.25) is 5.15 Å². The number of hydrogen-bond acceptors (Lipinski definition) is 4. The van der Waals surface area contributed by atoms with Gasteiger partial charge < -0.3 is 0 Å². The van der Waals surface area contributed by atoms with Crippen molar-refractivity contribution in [1.82, 2.24) is 9.97 Å². The predicted octanol–water partition coefficient (Wildman–Crippen LogP) is 5.53. The summed E-state index contributed by atoms with van der Waals surface area (Å²) in [6.45, 7) is 2.04. The fourth-order valence-electron chi connectivity index (χ4n) is 2.19. The zero-order chi connectivity index (χ0) is 13.7. The fourth-order valence-corrected chi connectivity index (χ4v) is 4.47. The maximum Gasteiger partial charge on any atom is 0.171 e. The van der Waals surface area contributed by atoms with E-state index in [1.165, 1.54) is 9.40 Å². The number of nitrogens with zero attached hydrogens (tertiary/aromatic N) is 2. The smallest absolute Gasteiger partial charge is 0.171 e. The molecule has 98 valence electrons. The minimum absolute atomic E-state index is 0.519. The van der Waals surface area contributed by atoms with Gasteiger partial charge in [-0.05, 0) is 36.6 Å². The normalized spacial score (nSPS) is 11.5. The highest BCUT2D eigenvalue weighted by atomic mass is 35.5. The van der Waals surface area contributed by atoms with Crippen molar-refractivity contribution in [3.8, 4) is 10.7 Å². The van der Waals surface area contributed by atoms with Crippen LogP contribution >= 0.6 is 34.3 Å². The summed E-state index contributed by atoms with van der Waals surface area (Å²) >= 11 is 9.75. The lowest BCUT2D eigenvalue weighted by molar-refractivity contribution is 1.24. The second kappa shape index (κ2) is 4.52. The molecule has 0 amide bonds. The van der Waals surface area contributed by atoms with E-state index in [0.29, 0.717) is 11.0 Å². The van der Waals surface area contributed by atoms with Gasteiger partial charge in [0.25, 0.3) is 0 Å². The summed E-state index contributed by atoms with van der Waals surface area (Å²) in [7, 11) is 0. The molecule has 0 unspecified atom stereocenters. The van der Waals surface area contributed by atoms with Gasteiger partial charge in [0.1, 0.15) is 5.15 Å². The van der Waals surface area contributed by atoms with E-state index in [1.807, 2.05) is 25.1 Å². The lowest BCUT2D eigenvalue weighted by Crippen LogP contribution is -1.90. The first-order valence-corrected chi connectivity index (χ1v) is 8.19. The quantitative estimate of drug-likeness (QED) is 0.431. The average Bonchev–Trinajstić information content (AvgIpc) is 3.00. The summed E-state index contributed by atoms with van der Waals surface area (Å²) in [6, 6.07) is 10.3. The second-order valence-corrected chi connectivity index (χ2v) is 7.01. The molecule has 0 radical (unpaired) electrons. The van der Waals surface area contributed by atoms with Crippen molar-refractivity contribution in [3.63, 3.8) is 0 Å². The zero-order valence-corrected chi connectivity index (χ0v) is 12.9. The van der Waals surface area contributed by atoms with Crippen LogP contribution in [0.25, 0.3) is 31.0 Å². The van der Waals surface area contributed by atoms with Crippen LogP contribution in [0.1, 0.15) is 5.56 Å². The largest absolute Gasteiger partial charge is 0.227 e. The van der Waals surface area contributed by atoms with Crippen molar-refractivity contribution in [2.24, 2.45) is 0 Å². The van der Waals surface area contributed by atoms with Gasteiger partial charge in [0.15, 0.2) is 5.82 Å². The molecule has 3 aromatic heterocycles. The molecule has 0 aliphatic heterocycles. The lowest BCUT2D eigenvalue weighted by Gasteiger charge is -2.03. The van der Waals surface area contributed by atoms with E-state index in [2.05, 4.69) is 27.5 Å². The van der Waals surface area contributed by atoms with E-state index < -0.39 is 0 Å². The number of aryl methyl sites for hydroxylation is 1. The third-order valence-electron chi connectivity index (χ3n) is 3.16. The van der Waals surface area contributed by atoms with Crippen LogP contribution in [0.15, 0.2) is 35.7 Å². The molecule has 20 heavy (non-hydrogen) atoms. The molecule has 0 saturated heterocycles. The van der Waals surface area contributed by atoms with Gasteiger partial charge in [-0.1, -0.05) is 23.2 Å². The zero-order valence-electron chi connectivity index (χ0n) is 10.6. The highest BCUT2D eigenvalue weighted by molar-refractivity contribution is 7.28. The Labute approximate surface area is 128 Å².